The second-order valence-corrected chi connectivity index (χ2v) is 7.42. The summed E-state index contributed by atoms with van der Waals surface area (Å²) >= 11 is 0. The van der Waals surface area contributed by atoms with Gasteiger partial charge in [-0.3, -0.25) is 4.79 Å². The molecule has 0 saturated carbocycles. The zero-order valence-electron chi connectivity index (χ0n) is 16.2. The molecule has 2 aliphatic rings. The lowest BCUT2D eigenvalue weighted by Gasteiger charge is -2.46. The number of hydrogen-bond donors (Lipinski definition) is 1. The summed E-state index contributed by atoms with van der Waals surface area (Å²) in [5, 5.41) is 3.55. The molecular weight excluding hydrogens is 352 g/mol. The Bertz CT molecular complexity index is 858. The first kappa shape index (κ1) is 18.6. The van der Waals surface area contributed by atoms with Gasteiger partial charge in [-0.25, -0.2) is 0 Å². The molecule has 0 aliphatic carbocycles. The second kappa shape index (κ2) is 7.68. The Labute approximate surface area is 165 Å². The van der Waals surface area contributed by atoms with Gasteiger partial charge in [-0.05, 0) is 49.6 Å². The number of anilines is 1. The molecule has 1 fully saturated rings. The molecule has 0 bridgehead atoms. The van der Waals surface area contributed by atoms with Crippen molar-refractivity contribution in [2.75, 3.05) is 25.1 Å². The number of carbonyl (C=O) groups excluding carboxylic acids is 1. The zero-order valence-corrected chi connectivity index (χ0v) is 16.2. The highest BCUT2D eigenvalue weighted by Gasteiger charge is 2.41. The van der Waals surface area contributed by atoms with Crippen LogP contribution in [0.4, 0.5) is 5.69 Å². The van der Waals surface area contributed by atoms with Crippen LogP contribution in [0.1, 0.15) is 35.7 Å². The van der Waals surface area contributed by atoms with E-state index in [-0.39, 0.29) is 12.0 Å². The molecule has 28 heavy (non-hydrogen) atoms. The number of nitrogens with zero attached hydrogens (tertiary/aromatic N) is 1. The number of amides is 1. The molecule has 2 aliphatic heterocycles. The average molecular weight is 378 g/mol. The van der Waals surface area contributed by atoms with Gasteiger partial charge < -0.3 is 19.7 Å². The third-order valence-corrected chi connectivity index (χ3v) is 5.51. The fourth-order valence-electron chi connectivity index (χ4n) is 3.92. The fraction of sp³-hybridized carbons (Fsp3) is 0.348. The quantitative estimate of drug-likeness (QED) is 0.767. The predicted octanol–water partition coefficient (Wildman–Crippen LogP) is 4.17. The van der Waals surface area contributed by atoms with Gasteiger partial charge >= 0.3 is 0 Å². The Balaban J connectivity index is 1.58. The summed E-state index contributed by atoms with van der Waals surface area (Å²) in [6.07, 6.45) is 4.10. The van der Waals surface area contributed by atoms with Crippen LogP contribution < -0.4 is 10.1 Å². The van der Waals surface area contributed by atoms with Crippen LogP contribution in [0.15, 0.2) is 61.2 Å². The minimum Gasteiger partial charge on any atom is -0.491 e. The number of carbonyl (C=O) groups is 1. The van der Waals surface area contributed by atoms with Gasteiger partial charge in [0.05, 0.1) is 11.7 Å². The van der Waals surface area contributed by atoms with E-state index in [4.69, 9.17) is 9.47 Å². The van der Waals surface area contributed by atoms with E-state index in [1.54, 1.807) is 6.08 Å². The summed E-state index contributed by atoms with van der Waals surface area (Å²) in [5.41, 5.74) is 1.83. The van der Waals surface area contributed by atoms with Crippen molar-refractivity contribution in [2.45, 2.75) is 31.5 Å². The maximum absolute atomic E-state index is 13.1. The monoisotopic (exact) mass is 378 g/mol. The number of rotatable bonds is 6. The Kier molecular flexibility index (Phi) is 5.09. The predicted molar refractivity (Wildman–Crippen MR) is 110 cm³/mol. The molecule has 4 rings (SSSR count). The number of fused-ring (bicyclic) bond motifs is 1. The molecule has 5 nitrogen and oxygen atoms in total. The van der Waals surface area contributed by atoms with Crippen molar-refractivity contribution in [3.05, 3.63) is 72.3 Å². The van der Waals surface area contributed by atoms with Crippen LogP contribution in [-0.2, 0) is 10.4 Å². The number of para-hydroxylation sites is 1. The molecule has 2 heterocycles. The summed E-state index contributed by atoms with van der Waals surface area (Å²) in [4.78, 5) is 14.9. The normalized spacial score (nSPS) is 23.8. The van der Waals surface area contributed by atoms with Gasteiger partial charge in [0.25, 0.3) is 5.91 Å². The van der Waals surface area contributed by atoms with Gasteiger partial charge in [-0.15, -0.1) is 6.58 Å². The molecule has 1 N–H and O–H groups in total. The van der Waals surface area contributed by atoms with Crippen molar-refractivity contribution in [3.8, 4) is 5.75 Å². The van der Waals surface area contributed by atoms with Gasteiger partial charge in [-0.1, -0.05) is 30.3 Å². The molecule has 146 valence electrons. The molecule has 0 aromatic heterocycles. The van der Waals surface area contributed by atoms with E-state index in [1.165, 1.54) is 0 Å². The molecular formula is C23H26N2O3. The minimum absolute atomic E-state index is 0.00420. The maximum atomic E-state index is 13.1. The highest BCUT2D eigenvalue weighted by atomic mass is 16.5. The van der Waals surface area contributed by atoms with E-state index in [2.05, 4.69) is 11.9 Å². The van der Waals surface area contributed by atoms with Crippen molar-refractivity contribution in [3.63, 3.8) is 0 Å². The standard InChI is InChI=1S/C23H26N2O3/c1-3-14-25-22(26)20-8-4-5-9-21(20)24-23(25,2)17-10-12-18(13-11-17)28-16-19-7-6-15-27-19/h3-5,8-13,19,24H,1,6-7,14-16H2,2H3. The van der Waals surface area contributed by atoms with Gasteiger partial charge in [0, 0.05) is 18.8 Å². The number of hydrogen-bond acceptors (Lipinski definition) is 4. The molecule has 1 amide bonds. The Morgan fingerprint density at radius 3 is 2.79 bits per heavy atom. The van der Waals surface area contributed by atoms with Crippen LogP contribution in [0.5, 0.6) is 5.75 Å². The molecule has 0 spiro atoms. The number of ether oxygens (including phenoxy) is 2. The van der Waals surface area contributed by atoms with Gasteiger partial charge in [0.15, 0.2) is 0 Å². The van der Waals surface area contributed by atoms with E-state index in [9.17, 15) is 4.79 Å². The smallest absolute Gasteiger partial charge is 0.258 e. The number of benzene rings is 2. The third kappa shape index (κ3) is 3.38. The van der Waals surface area contributed by atoms with Gasteiger partial charge in [0.1, 0.15) is 18.0 Å². The molecule has 5 heteroatoms. The van der Waals surface area contributed by atoms with Crippen LogP contribution in [0.2, 0.25) is 0 Å². The van der Waals surface area contributed by atoms with E-state index >= 15 is 0 Å². The van der Waals surface area contributed by atoms with E-state index in [0.29, 0.717) is 18.7 Å². The lowest BCUT2D eigenvalue weighted by Crippen LogP contribution is -2.55. The summed E-state index contributed by atoms with van der Waals surface area (Å²) in [5.74, 6) is 0.802. The van der Waals surface area contributed by atoms with Crippen LogP contribution in [0.3, 0.4) is 0 Å². The average Bonchev–Trinajstić information content (AvgIpc) is 3.24. The van der Waals surface area contributed by atoms with Crippen molar-refractivity contribution in [2.24, 2.45) is 0 Å². The Morgan fingerprint density at radius 1 is 1.29 bits per heavy atom. The van der Waals surface area contributed by atoms with Crippen molar-refractivity contribution >= 4 is 11.6 Å². The van der Waals surface area contributed by atoms with Gasteiger partial charge in [0.2, 0.25) is 0 Å². The summed E-state index contributed by atoms with van der Waals surface area (Å²) < 4.78 is 11.5. The summed E-state index contributed by atoms with van der Waals surface area (Å²) in [6.45, 7) is 7.70. The third-order valence-electron chi connectivity index (χ3n) is 5.51. The molecule has 2 aromatic carbocycles. The highest BCUT2D eigenvalue weighted by molar-refractivity contribution is 6.02. The van der Waals surface area contributed by atoms with E-state index < -0.39 is 5.66 Å². The van der Waals surface area contributed by atoms with Crippen LogP contribution >= 0.6 is 0 Å². The molecule has 1 saturated heterocycles. The van der Waals surface area contributed by atoms with Gasteiger partial charge in [-0.2, -0.15) is 0 Å². The Morgan fingerprint density at radius 2 is 2.07 bits per heavy atom. The largest absolute Gasteiger partial charge is 0.491 e. The zero-order chi connectivity index (χ0) is 19.6. The van der Waals surface area contributed by atoms with Crippen LogP contribution in [0.25, 0.3) is 0 Å². The summed E-state index contributed by atoms with van der Waals surface area (Å²) in [6, 6.07) is 15.5. The van der Waals surface area contributed by atoms with Crippen LogP contribution in [0, 0.1) is 0 Å². The first-order valence-electron chi connectivity index (χ1n) is 9.77. The first-order chi connectivity index (χ1) is 13.6. The first-order valence-corrected chi connectivity index (χ1v) is 9.77. The minimum atomic E-state index is -0.674. The SMILES string of the molecule is C=CCN1C(=O)c2ccccc2NC1(C)c1ccc(OCC2CCCO2)cc1. The summed E-state index contributed by atoms with van der Waals surface area (Å²) in [7, 11) is 0. The van der Waals surface area contributed by atoms with Crippen molar-refractivity contribution < 1.29 is 14.3 Å². The van der Waals surface area contributed by atoms with E-state index in [0.717, 1.165) is 36.4 Å². The fourth-order valence-corrected chi connectivity index (χ4v) is 3.92. The maximum Gasteiger partial charge on any atom is 0.258 e. The topological polar surface area (TPSA) is 50.8 Å². The lowest BCUT2D eigenvalue weighted by atomic mass is 9.93. The Hall–Kier alpha value is -2.79. The molecule has 2 atom stereocenters. The lowest BCUT2D eigenvalue weighted by molar-refractivity contribution is 0.0571. The molecule has 2 unspecified atom stereocenters. The molecule has 0 radical (unpaired) electrons. The van der Waals surface area contributed by atoms with Crippen molar-refractivity contribution in [1.82, 2.24) is 4.90 Å². The molecule has 2 aromatic rings. The van der Waals surface area contributed by atoms with Crippen molar-refractivity contribution in [1.29, 1.82) is 0 Å². The van der Waals surface area contributed by atoms with Crippen LogP contribution in [-0.4, -0.2) is 36.7 Å². The highest BCUT2D eigenvalue weighted by Crippen LogP contribution is 2.38. The second-order valence-electron chi connectivity index (χ2n) is 7.42. The van der Waals surface area contributed by atoms with E-state index in [1.807, 2.05) is 60.4 Å². The number of nitrogens with one attached hydrogen (secondary N) is 1.